The minimum absolute atomic E-state index is 0.0159. The molecule has 4 aromatic rings. The first kappa shape index (κ1) is 19.2. The van der Waals surface area contributed by atoms with Crippen molar-refractivity contribution in [1.82, 2.24) is 19.5 Å². The number of anilines is 2. The molecular formula is C20H18FN5O2S. The molecule has 0 saturated heterocycles. The highest BCUT2D eigenvalue weighted by atomic mass is 32.2. The molecule has 9 heteroatoms. The van der Waals surface area contributed by atoms with E-state index in [0.717, 1.165) is 22.5 Å². The van der Waals surface area contributed by atoms with Crippen molar-refractivity contribution in [3.8, 4) is 11.3 Å². The Kier molecular flexibility index (Phi) is 5.08. The molecule has 1 aromatic carbocycles. The van der Waals surface area contributed by atoms with Gasteiger partial charge in [0.2, 0.25) is 5.95 Å². The van der Waals surface area contributed by atoms with Gasteiger partial charge in [0, 0.05) is 35.6 Å². The topological polar surface area (TPSA) is 92.9 Å². The SMILES string of the molecule is CC(C)n1cc(-c2ccnc(Nc3ccc(S(=O)O)cc3F)n2)c2ccncc21. The van der Waals surface area contributed by atoms with Crippen molar-refractivity contribution < 1.29 is 13.2 Å². The fourth-order valence-electron chi connectivity index (χ4n) is 3.12. The molecule has 7 nitrogen and oxygen atoms in total. The third kappa shape index (κ3) is 3.74. The Labute approximate surface area is 168 Å². The van der Waals surface area contributed by atoms with Crippen molar-refractivity contribution >= 4 is 33.6 Å². The fourth-order valence-corrected chi connectivity index (χ4v) is 3.51. The molecule has 0 aliphatic carbocycles. The van der Waals surface area contributed by atoms with Crippen LogP contribution in [0.15, 0.2) is 60.0 Å². The smallest absolute Gasteiger partial charge is 0.227 e. The van der Waals surface area contributed by atoms with Gasteiger partial charge in [0.05, 0.1) is 28.0 Å². The van der Waals surface area contributed by atoms with Crippen molar-refractivity contribution in [3.05, 3.63) is 60.9 Å². The first-order chi connectivity index (χ1) is 13.9. The van der Waals surface area contributed by atoms with E-state index >= 15 is 0 Å². The summed E-state index contributed by atoms with van der Waals surface area (Å²) >= 11 is -2.24. The average molecular weight is 411 g/mol. The van der Waals surface area contributed by atoms with E-state index in [1.54, 1.807) is 18.5 Å². The normalized spacial score (nSPS) is 12.4. The maximum atomic E-state index is 14.2. The molecule has 29 heavy (non-hydrogen) atoms. The lowest BCUT2D eigenvalue weighted by Crippen LogP contribution is -2.01. The summed E-state index contributed by atoms with van der Waals surface area (Å²) in [5, 5.41) is 3.84. The number of benzene rings is 1. The molecule has 0 fully saturated rings. The minimum Gasteiger partial charge on any atom is -0.343 e. The Morgan fingerprint density at radius 1 is 1.21 bits per heavy atom. The molecule has 1 atom stereocenters. The fraction of sp³-hybridized carbons (Fsp3) is 0.150. The molecule has 2 N–H and O–H groups in total. The second-order valence-corrected chi connectivity index (χ2v) is 7.69. The third-order valence-corrected chi connectivity index (χ3v) is 5.17. The van der Waals surface area contributed by atoms with Gasteiger partial charge in [-0.2, -0.15) is 0 Å². The molecule has 0 saturated carbocycles. The molecular weight excluding hydrogens is 393 g/mol. The monoisotopic (exact) mass is 411 g/mol. The zero-order chi connectivity index (χ0) is 20.5. The van der Waals surface area contributed by atoms with Gasteiger partial charge in [-0.15, -0.1) is 0 Å². The number of nitrogens with zero attached hydrogens (tertiary/aromatic N) is 4. The van der Waals surface area contributed by atoms with Crippen molar-refractivity contribution in [2.24, 2.45) is 0 Å². The summed E-state index contributed by atoms with van der Waals surface area (Å²) in [7, 11) is 0. The first-order valence-electron chi connectivity index (χ1n) is 8.89. The summed E-state index contributed by atoms with van der Waals surface area (Å²) in [6.45, 7) is 4.18. The highest BCUT2D eigenvalue weighted by molar-refractivity contribution is 7.79. The van der Waals surface area contributed by atoms with Gasteiger partial charge in [0.1, 0.15) is 5.82 Å². The van der Waals surface area contributed by atoms with Crippen LogP contribution >= 0.6 is 0 Å². The first-order valence-corrected chi connectivity index (χ1v) is 10.00. The van der Waals surface area contributed by atoms with E-state index in [-0.39, 0.29) is 22.6 Å². The summed E-state index contributed by atoms with van der Waals surface area (Å²) < 4.78 is 36.5. The van der Waals surface area contributed by atoms with Crippen LogP contribution in [0.3, 0.4) is 0 Å². The van der Waals surface area contributed by atoms with E-state index in [1.165, 1.54) is 12.1 Å². The predicted molar refractivity (Wildman–Crippen MR) is 110 cm³/mol. The maximum absolute atomic E-state index is 14.2. The zero-order valence-electron chi connectivity index (χ0n) is 15.7. The Balaban J connectivity index is 1.72. The Morgan fingerprint density at radius 2 is 2.03 bits per heavy atom. The second-order valence-electron chi connectivity index (χ2n) is 6.72. The largest absolute Gasteiger partial charge is 0.343 e. The van der Waals surface area contributed by atoms with E-state index in [9.17, 15) is 8.60 Å². The van der Waals surface area contributed by atoms with Crippen LogP contribution in [0.5, 0.6) is 0 Å². The molecule has 0 spiro atoms. The summed E-state index contributed by atoms with van der Waals surface area (Å²) in [5.74, 6) is -0.444. The average Bonchev–Trinajstić information content (AvgIpc) is 3.10. The summed E-state index contributed by atoms with van der Waals surface area (Å²) in [5.41, 5.74) is 2.73. The molecule has 1 unspecified atom stereocenters. The Bertz CT molecular complexity index is 1220. The van der Waals surface area contributed by atoms with Crippen LogP contribution in [0.2, 0.25) is 0 Å². The van der Waals surface area contributed by atoms with Crippen molar-refractivity contribution in [1.29, 1.82) is 0 Å². The molecule has 0 radical (unpaired) electrons. The van der Waals surface area contributed by atoms with Gasteiger partial charge in [-0.1, -0.05) is 0 Å². The quantitative estimate of drug-likeness (QED) is 0.469. The molecule has 0 amide bonds. The van der Waals surface area contributed by atoms with E-state index in [1.807, 2.05) is 18.5 Å². The molecule has 3 aromatic heterocycles. The number of rotatable bonds is 5. The van der Waals surface area contributed by atoms with Gasteiger partial charge >= 0.3 is 0 Å². The molecule has 0 aliphatic heterocycles. The number of nitrogens with one attached hydrogen (secondary N) is 1. The van der Waals surface area contributed by atoms with E-state index in [4.69, 9.17) is 4.55 Å². The van der Waals surface area contributed by atoms with E-state index in [0.29, 0.717) is 5.69 Å². The standard InChI is InChI=1S/C20H18FN5O2S/c1-12(2)26-11-15(14-5-7-22-10-19(14)26)17-6-8-23-20(24-17)25-18-4-3-13(29(27)28)9-16(18)21/h3-12H,1-2H3,(H,27,28)(H,23,24,25). The van der Waals surface area contributed by atoms with Crippen molar-refractivity contribution in [2.45, 2.75) is 24.8 Å². The van der Waals surface area contributed by atoms with Crippen molar-refractivity contribution in [3.63, 3.8) is 0 Å². The van der Waals surface area contributed by atoms with Crippen LogP contribution in [0.4, 0.5) is 16.0 Å². The van der Waals surface area contributed by atoms with Crippen LogP contribution in [0.25, 0.3) is 22.2 Å². The molecule has 0 bridgehead atoms. The van der Waals surface area contributed by atoms with Gasteiger partial charge in [-0.3, -0.25) is 4.98 Å². The zero-order valence-corrected chi connectivity index (χ0v) is 16.5. The summed E-state index contributed by atoms with van der Waals surface area (Å²) in [4.78, 5) is 12.9. The second kappa shape index (κ2) is 7.69. The lowest BCUT2D eigenvalue weighted by molar-refractivity contribution is 0.561. The van der Waals surface area contributed by atoms with Crippen LogP contribution in [-0.2, 0) is 11.1 Å². The highest BCUT2D eigenvalue weighted by Gasteiger charge is 2.14. The van der Waals surface area contributed by atoms with Crippen molar-refractivity contribution in [2.75, 3.05) is 5.32 Å². The summed E-state index contributed by atoms with van der Waals surface area (Å²) in [6, 6.07) is 7.73. The molecule has 3 heterocycles. The lowest BCUT2D eigenvalue weighted by atomic mass is 10.1. The predicted octanol–water partition coefficient (Wildman–Crippen LogP) is 4.54. The number of fused-ring (bicyclic) bond motifs is 1. The Morgan fingerprint density at radius 3 is 2.76 bits per heavy atom. The number of aromatic nitrogens is 4. The number of hydrogen-bond donors (Lipinski definition) is 2. The van der Waals surface area contributed by atoms with Crippen LogP contribution in [-0.4, -0.2) is 28.3 Å². The van der Waals surface area contributed by atoms with Gasteiger partial charge in [0.25, 0.3) is 0 Å². The van der Waals surface area contributed by atoms with Crippen LogP contribution in [0, 0.1) is 5.82 Å². The minimum atomic E-state index is -2.24. The van der Waals surface area contributed by atoms with Crippen LogP contribution in [0.1, 0.15) is 19.9 Å². The third-order valence-electron chi connectivity index (χ3n) is 4.51. The summed E-state index contributed by atoms with van der Waals surface area (Å²) in [6.07, 6.45) is 7.18. The highest BCUT2D eigenvalue weighted by Crippen LogP contribution is 2.31. The van der Waals surface area contributed by atoms with Gasteiger partial charge < -0.3 is 14.4 Å². The van der Waals surface area contributed by atoms with Gasteiger partial charge in [-0.05, 0) is 44.2 Å². The molecule has 4 rings (SSSR count). The van der Waals surface area contributed by atoms with E-state index in [2.05, 4.69) is 38.7 Å². The molecule has 0 aliphatic rings. The van der Waals surface area contributed by atoms with E-state index < -0.39 is 16.9 Å². The number of pyridine rings is 1. The number of hydrogen-bond acceptors (Lipinski definition) is 5. The maximum Gasteiger partial charge on any atom is 0.227 e. The van der Waals surface area contributed by atoms with Gasteiger partial charge in [-0.25, -0.2) is 18.6 Å². The van der Waals surface area contributed by atoms with Gasteiger partial charge in [0.15, 0.2) is 11.1 Å². The molecule has 148 valence electrons. The number of halogens is 1. The Hall–Kier alpha value is -3.17. The lowest BCUT2D eigenvalue weighted by Gasteiger charge is -2.08. The van der Waals surface area contributed by atoms with Crippen LogP contribution < -0.4 is 5.32 Å².